The normalized spacial score (nSPS) is 17.3. The Kier molecular flexibility index (Phi) is 3.43. The summed E-state index contributed by atoms with van der Waals surface area (Å²) in [6, 6.07) is 6.23. The Labute approximate surface area is 99.7 Å². The zero-order chi connectivity index (χ0) is 12.3. The molecule has 1 aromatic carbocycles. The third kappa shape index (κ3) is 2.17. The van der Waals surface area contributed by atoms with Gasteiger partial charge in [0.2, 0.25) is 5.91 Å². The number of rotatable bonds is 4. The summed E-state index contributed by atoms with van der Waals surface area (Å²) in [4.78, 5) is 12.1. The first-order valence-electron chi connectivity index (χ1n) is 5.84. The first-order valence-corrected chi connectivity index (χ1v) is 5.84. The van der Waals surface area contributed by atoms with E-state index in [1.807, 2.05) is 0 Å². The molecule has 0 radical (unpaired) electrons. The second-order valence-corrected chi connectivity index (χ2v) is 4.43. The SMILES string of the molecule is O=C(NCCO)C1(c2cccc(F)c2)CCC1. The van der Waals surface area contributed by atoms with Crippen LogP contribution in [0.15, 0.2) is 24.3 Å². The van der Waals surface area contributed by atoms with E-state index in [4.69, 9.17) is 5.11 Å². The summed E-state index contributed by atoms with van der Waals surface area (Å²) in [5.41, 5.74) is 0.149. The first-order chi connectivity index (χ1) is 8.19. The minimum Gasteiger partial charge on any atom is -0.395 e. The Morgan fingerprint density at radius 2 is 2.24 bits per heavy atom. The molecule has 0 aliphatic heterocycles. The number of amides is 1. The van der Waals surface area contributed by atoms with Gasteiger partial charge in [0.25, 0.3) is 0 Å². The lowest BCUT2D eigenvalue weighted by atomic mass is 9.64. The van der Waals surface area contributed by atoms with Crippen molar-refractivity contribution in [2.75, 3.05) is 13.2 Å². The van der Waals surface area contributed by atoms with Gasteiger partial charge in [0.1, 0.15) is 5.82 Å². The van der Waals surface area contributed by atoms with Gasteiger partial charge >= 0.3 is 0 Å². The van der Waals surface area contributed by atoms with E-state index in [0.717, 1.165) is 24.8 Å². The molecule has 1 aliphatic carbocycles. The molecule has 1 fully saturated rings. The van der Waals surface area contributed by atoms with E-state index in [1.54, 1.807) is 12.1 Å². The highest BCUT2D eigenvalue weighted by Gasteiger charge is 2.45. The Balaban J connectivity index is 2.22. The zero-order valence-electron chi connectivity index (χ0n) is 9.58. The predicted octanol–water partition coefficient (Wildman–Crippen LogP) is 1.36. The molecule has 0 atom stereocenters. The van der Waals surface area contributed by atoms with Gasteiger partial charge in [-0.25, -0.2) is 4.39 Å². The van der Waals surface area contributed by atoms with Crippen LogP contribution in [0.3, 0.4) is 0 Å². The summed E-state index contributed by atoms with van der Waals surface area (Å²) in [6.45, 7) is 0.168. The van der Waals surface area contributed by atoms with Crippen LogP contribution >= 0.6 is 0 Å². The van der Waals surface area contributed by atoms with Gasteiger partial charge in [0.05, 0.1) is 12.0 Å². The quantitative estimate of drug-likeness (QED) is 0.830. The van der Waals surface area contributed by atoms with Crippen molar-refractivity contribution in [3.05, 3.63) is 35.6 Å². The fraction of sp³-hybridized carbons (Fsp3) is 0.462. The van der Waals surface area contributed by atoms with Crippen LogP contribution in [0.1, 0.15) is 24.8 Å². The summed E-state index contributed by atoms with van der Waals surface area (Å²) in [7, 11) is 0. The maximum Gasteiger partial charge on any atom is 0.230 e. The number of benzene rings is 1. The van der Waals surface area contributed by atoms with E-state index in [0.29, 0.717) is 0 Å². The standard InChI is InChI=1S/C13H16FNO2/c14-11-4-1-3-10(9-11)13(5-2-6-13)12(17)15-7-8-16/h1,3-4,9,16H,2,5-8H2,(H,15,17). The molecule has 1 amide bonds. The maximum atomic E-state index is 13.2. The molecule has 0 spiro atoms. The topological polar surface area (TPSA) is 49.3 Å². The molecule has 17 heavy (non-hydrogen) atoms. The minimum atomic E-state index is -0.586. The summed E-state index contributed by atoms with van der Waals surface area (Å²) >= 11 is 0. The van der Waals surface area contributed by atoms with Gasteiger partial charge in [-0.3, -0.25) is 4.79 Å². The van der Waals surface area contributed by atoms with E-state index in [-0.39, 0.29) is 24.9 Å². The van der Waals surface area contributed by atoms with Crippen molar-refractivity contribution in [1.29, 1.82) is 0 Å². The predicted molar refractivity (Wildman–Crippen MR) is 62.0 cm³/mol. The Morgan fingerprint density at radius 3 is 2.76 bits per heavy atom. The van der Waals surface area contributed by atoms with Gasteiger partial charge in [-0.1, -0.05) is 18.6 Å². The lowest BCUT2D eigenvalue weighted by Crippen LogP contribution is -2.49. The average Bonchev–Trinajstić information content (AvgIpc) is 2.25. The second kappa shape index (κ2) is 4.84. The van der Waals surface area contributed by atoms with Gasteiger partial charge in [-0.2, -0.15) is 0 Å². The summed E-state index contributed by atoms with van der Waals surface area (Å²) < 4.78 is 13.2. The molecular formula is C13H16FNO2. The van der Waals surface area contributed by atoms with Crippen molar-refractivity contribution in [3.63, 3.8) is 0 Å². The maximum absolute atomic E-state index is 13.2. The molecule has 1 aliphatic rings. The van der Waals surface area contributed by atoms with E-state index in [2.05, 4.69) is 5.32 Å². The van der Waals surface area contributed by atoms with Crippen molar-refractivity contribution in [2.24, 2.45) is 0 Å². The van der Waals surface area contributed by atoms with Crippen molar-refractivity contribution in [2.45, 2.75) is 24.7 Å². The van der Waals surface area contributed by atoms with E-state index < -0.39 is 5.41 Å². The molecule has 92 valence electrons. The summed E-state index contributed by atoms with van der Waals surface area (Å²) in [5.74, 6) is -0.424. The summed E-state index contributed by atoms with van der Waals surface area (Å²) in [6.07, 6.45) is 2.46. The molecule has 0 unspecified atom stereocenters. The molecule has 2 N–H and O–H groups in total. The fourth-order valence-electron chi connectivity index (χ4n) is 2.30. The monoisotopic (exact) mass is 237 g/mol. The number of carbonyl (C=O) groups is 1. The van der Waals surface area contributed by atoms with Crippen molar-refractivity contribution >= 4 is 5.91 Å². The van der Waals surface area contributed by atoms with Crippen LogP contribution in [-0.4, -0.2) is 24.2 Å². The van der Waals surface area contributed by atoms with Crippen LogP contribution in [-0.2, 0) is 10.2 Å². The Bertz CT molecular complexity index is 416. The number of aliphatic hydroxyl groups excluding tert-OH is 1. The Hall–Kier alpha value is -1.42. The molecular weight excluding hydrogens is 221 g/mol. The highest BCUT2D eigenvalue weighted by atomic mass is 19.1. The molecule has 2 rings (SSSR count). The van der Waals surface area contributed by atoms with E-state index >= 15 is 0 Å². The van der Waals surface area contributed by atoms with Crippen LogP contribution in [0.4, 0.5) is 4.39 Å². The van der Waals surface area contributed by atoms with Crippen LogP contribution in [0.25, 0.3) is 0 Å². The molecule has 3 nitrogen and oxygen atoms in total. The van der Waals surface area contributed by atoms with Gasteiger partial charge < -0.3 is 10.4 Å². The van der Waals surface area contributed by atoms with Gasteiger partial charge in [-0.15, -0.1) is 0 Å². The zero-order valence-corrected chi connectivity index (χ0v) is 9.58. The first kappa shape index (κ1) is 12.0. The number of carbonyl (C=O) groups excluding carboxylic acids is 1. The summed E-state index contributed by atoms with van der Waals surface area (Å²) in [5, 5.41) is 11.4. The van der Waals surface area contributed by atoms with Crippen LogP contribution < -0.4 is 5.32 Å². The second-order valence-electron chi connectivity index (χ2n) is 4.43. The van der Waals surface area contributed by atoms with E-state index in [1.165, 1.54) is 12.1 Å². The Morgan fingerprint density at radius 1 is 1.47 bits per heavy atom. The number of nitrogens with one attached hydrogen (secondary N) is 1. The molecule has 4 heteroatoms. The number of aliphatic hydroxyl groups is 1. The molecule has 1 saturated carbocycles. The average molecular weight is 237 g/mol. The highest BCUT2D eigenvalue weighted by Crippen LogP contribution is 2.44. The van der Waals surface area contributed by atoms with Crippen LogP contribution in [0, 0.1) is 5.82 Å². The lowest BCUT2D eigenvalue weighted by molar-refractivity contribution is -0.130. The minimum absolute atomic E-state index is 0.0784. The number of hydrogen-bond donors (Lipinski definition) is 2. The number of hydrogen-bond acceptors (Lipinski definition) is 2. The molecule has 0 saturated heterocycles. The third-order valence-electron chi connectivity index (χ3n) is 3.42. The van der Waals surface area contributed by atoms with Gasteiger partial charge in [0, 0.05) is 6.54 Å². The molecule has 0 aromatic heterocycles. The fourth-order valence-corrected chi connectivity index (χ4v) is 2.30. The highest BCUT2D eigenvalue weighted by molar-refractivity contribution is 5.89. The molecule has 0 heterocycles. The smallest absolute Gasteiger partial charge is 0.230 e. The van der Waals surface area contributed by atoms with Gasteiger partial charge in [-0.05, 0) is 30.5 Å². The number of halogens is 1. The largest absolute Gasteiger partial charge is 0.395 e. The third-order valence-corrected chi connectivity index (χ3v) is 3.42. The van der Waals surface area contributed by atoms with Crippen LogP contribution in [0.5, 0.6) is 0 Å². The van der Waals surface area contributed by atoms with Crippen molar-refractivity contribution in [1.82, 2.24) is 5.32 Å². The van der Waals surface area contributed by atoms with Crippen molar-refractivity contribution < 1.29 is 14.3 Å². The molecule has 0 bridgehead atoms. The lowest BCUT2D eigenvalue weighted by Gasteiger charge is -2.40. The van der Waals surface area contributed by atoms with Gasteiger partial charge in [0.15, 0.2) is 0 Å². The molecule has 1 aromatic rings. The van der Waals surface area contributed by atoms with Crippen molar-refractivity contribution in [3.8, 4) is 0 Å². The van der Waals surface area contributed by atoms with E-state index in [9.17, 15) is 9.18 Å². The van der Waals surface area contributed by atoms with Crippen LogP contribution in [0.2, 0.25) is 0 Å².